The van der Waals surface area contributed by atoms with Crippen molar-refractivity contribution in [2.75, 3.05) is 5.32 Å². The lowest BCUT2D eigenvalue weighted by molar-refractivity contribution is 0.906. The molecule has 18 heavy (non-hydrogen) atoms. The van der Waals surface area contributed by atoms with Crippen LogP contribution in [0.5, 0.6) is 0 Å². The van der Waals surface area contributed by atoms with Crippen molar-refractivity contribution in [3.63, 3.8) is 0 Å². The second-order valence-electron chi connectivity index (χ2n) is 4.53. The number of hydrogen-bond acceptors (Lipinski definition) is 2. The Labute approximate surface area is 121 Å². The molecular formula is C15H18BrNS. The highest BCUT2D eigenvalue weighted by Gasteiger charge is 2.08. The van der Waals surface area contributed by atoms with Crippen molar-refractivity contribution in [1.29, 1.82) is 0 Å². The van der Waals surface area contributed by atoms with Gasteiger partial charge in [-0.15, -0.1) is 11.3 Å². The zero-order chi connectivity index (χ0) is 13.1. The predicted molar refractivity (Wildman–Crippen MR) is 84.6 cm³/mol. The molecule has 96 valence electrons. The van der Waals surface area contributed by atoms with Crippen LogP contribution in [0.15, 0.2) is 34.1 Å². The van der Waals surface area contributed by atoms with Crippen LogP contribution in [-0.2, 0) is 6.42 Å². The number of rotatable bonds is 4. The van der Waals surface area contributed by atoms with Crippen LogP contribution in [0.25, 0.3) is 0 Å². The second-order valence-corrected chi connectivity index (χ2v) is 6.39. The van der Waals surface area contributed by atoms with E-state index in [1.54, 1.807) is 11.3 Å². The molecule has 0 saturated heterocycles. The van der Waals surface area contributed by atoms with Crippen LogP contribution >= 0.6 is 27.3 Å². The Hall–Kier alpha value is -0.800. The van der Waals surface area contributed by atoms with Crippen LogP contribution in [0.2, 0.25) is 0 Å². The molecular weight excluding hydrogens is 306 g/mol. The average Bonchev–Trinajstić information content (AvgIpc) is 2.78. The molecule has 0 aliphatic heterocycles. The Bertz CT molecular complexity index is 533. The van der Waals surface area contributed by atoms with Gasteiger partial charge in [0.2, 0.25) is 0 Å². The van der Waals surface area contributed by atoms with E-state index in [4.69, 9.17) is 0 Å². The Morgan fingerprint density at radius 2 is 2.11 bits per heavy atom. The van der Waals surface area contributed by atoms with Gasteiger partial charge < -0.3 is 5.32 Å². The van der Waals surface area contributed by atoms with Gasteiger partial charge in [0, 0.05) is 20.4 Å². The van der Waals surface area contributed by atoms with Gasteiger partial charge in [-0.3, -0.25) is 0 Å². The largest absolute Gasteiger partial charge is 0.378 e. The summed E-state index contributed by atoms with van der Waals surface area (Å²) in [5.74, 6) is 0. The molecule has 0 spiro atoms. The number of benzene rings is 1. The number of nitrogens with one attached hydrogen (secondary N) is 1. The standard InChI is InChI=1S/C15H18BrNS/c1-4-12-7-14(6-5-10(12)2)17-11(3)15-8-13(16)9-18-15/h5-9,11,17H,4H2,1-3H3. The predicted octanol–water partition coefficient (Wildman–Crippen LogP) is 5.55. The lowest BCUT2D eigenvalue weighted by Gasteiger charge is -2.15. The molecule has 3 heteroatoms. The molecule has 0 aliphatic carbocycles. The van der Waals surface area contributed by atoms with E-state index in [0.29, 0.717) is 6.04 Å². The fourth-order valence-electron chi connectivity index (χ4n) is 2.02. The Kier molecular flexibility index (Phi) is 4.46. The number of hydrogen-bond donors (Lipinski definition) is 1. The first-order chi connectivity index (χ1) is 8.60. The van der Waals surface area contributed by atoms with Crippen LogP contribution in [0.3, 0.4) is 0 Å². The summed E-state index contributed by atoms with van der Waals surface area (Å²) >= 11 is 5.28. The summed E-state index contributed by atoms with van der Waals surface area (Å²) in [6.07, 6.45) is 1.08. The van der Waals surface area contributed by atoms with E-state index in [1.165, 1.54) is 21.7 Å². The number of aryl methyl sites for hydroxylation is 2. The molecule has 2 aromatic rings. The summed E-state index contributed by atoms with van der Waals surface area (Å²) in [5, 5.41) is 5.69. The Balaban J connectivity index is 2.14. The Morgan fingerprint density at radius 1 is 1.33 bits per heavy atom. The van der Waals surface area contributed by atoms with Crippen molar-refractivity contribution in [3.8, 4) is 0 Å². The lowest BCUT2D eigenvalue weighted by Crippen LogP contribution is -2.05. The molecule has 0 amide bonds. The molecule has 2 rings (SSSR count). The maximum absolute atomic E-state index is 3.56. The molecule has 0 saturated carbocycles. The average molecular weight is 324 g/mol. The highest BCUT2D eigenvalue weighted by atomic mass is 79.9. The highest BCUT2D eigenvalue weighted by molar-refractivity contribution is 9.10. The second kappa shape index (κ2) is 5.89. The summed E-state index contributed by atoms with van der Waals surface area (Å²) in [7, 11) is 0. The van der Waals surface area contributed by atoms with Crippen molar-refractivity contribution < 1.29 is 0 Å². The van der Waals surface area contributed by atoms with Gasteiger partial charge >= 0.3 is 0 Å². The maximum atomic E-state index is 3.56. The molecule has 1 aromatic carbocycles. The molecule has 1 aromatic heterocycles. The molecule has 1 nitrogen and oxygen atoms in total. The van der Waals surface area contributed by atoms with E-state index in [-0.39, 0.29) is 0 Å². The van der Waals surface area contributed by atoms with Crippen LogP contribution in [0.1, 0.15) is 35.9 Å². The van der Waals surface area contributed by atoms with Crippen molar-refractivity contribution in [1.82, 2.24) is 0 Å². The molecule has 1 heterocycles. The van der Waals surface area contributed by atoms with Crippen LogP contribution in [0, 0.1) is 6.92 Å². The molecule has 1 N–H and O–H groups in total. The van der Waals surface area contributed by atoms with Gasteiger partial charge in [-0.05, 0) is 65.5 Å². The van der Waals surface area contributed by atoms with E-state index in [1.807, 2.05) is 0 Å². The summed E-state index contributed by atoms with van der Waals surface area (Å²) in [6, 6.07) is 9.13. The van der Waals surface area contributed by atoms with E-state index in [9.17, 15) is 0 Å². The van der Waals surface area contributed by atoms with Crippen LogP contribution in [0.4, 0.5) is 5.69 Å². The van der Waals surface area contributed by atoms with E-state index in [2.05, 4.69) is 71.7 Å². The molecule has 0 bridgehead atoms. The maximum Gasteiger partial charge on any atom is 0.0578 e. The van der Waals surface area contributed by atoms with Crippen molar-refractivity contribution in [2.45, 2.75) is 33.2 Å². The molecule has 0 radical (unpaired) electrons. The highest BCUT2D eigenvalue weighted by Crippen LogP contribution is 2.28. The molecule has 0 fully saturated rings. The minimum absolute atomic E-state index is 0.341. The van der Waals surface area contributed by atoms with Crippen LogP contribution < -0.4 is 5.32 Å². The Morgan fingerprint density at radius 3 is 2.72 bits per heavy atom. The van der Waals surface area contributed by atoms with Gasteiger partial charge in [-0.2, -0.15) is 0 Å². The minimum atomic E-state index is 0.341. The SMILES string of the molecule is CCc1cc(NC(C)c2cc(Br)cs2)ccc1C. The summed E-state index contributed by atoms with van der Waals surface area (Å²) < 4.78 is 1.16. The van der Waals surface area contributed by atoms with Crippen molar-refractivity contribution in [2.24, 2.45) is 0 Å². The molecule has 0 aliphatic rings. The normalized spacial score (nSPS) is 12.4. The fraction of sp³-hybridized carbons (Fsp3) is 0.333. The number of thiophene rings is 1. The first-order valence-electron chi connectivity index (χ1n) is 6.20. The van der Waals surface area contributed by atoms with E-state index < -0.39 is 0 Å². The smallest absolute Gasteiger partial charge is 0.0578 e. The van der Waals surface area contributed by atoms with E-state index in [0.717, 1.165) is 10.9 Å². The minimum Gasteiger partial charge on any atom is -0.378 e. The molecule has 1 unspecified atom stereocenters. The third kappa shape index (κ3) is 3.15. The third-order valence-electron chi connectivity index (χ3n) is 3.13. The topological polar surface area (TPSA) is 12.0 Å². The quantitative estimate of drug-likeness (QED) is 0.777. The third-order valence-corrected chi connectivity index (χ3v) is 5.00. The van der Waals surface area contributed by atoms with Crippen molar-refractivity contribution >= 4 is 33.0 Å². The first-order valence-corrected chi connectivity index (χ1v) is 7.87. The van der Waals surface area contributed by atoms with E-state index >= 15 is 0 Å². The monoisotopic (exact) mass is 323 g/mol. The number of anilines is 1. The molecule has 1 atom stereocenters. The van der Waals surface area contributed by atoms with Gasteiger partial charge in [0.15, 0.2) is 0 Å². The zero-order valence-corrected chi connectivity index (χ0v) is 13.4. The fourth-order valence-corrected chi connectivity index (χ4v) is 3.47. The van der Waals surface area contributed by atoms with Gasteiger partial charge in [-0.25, -0.2) is 0 Å². The van der Waals surface area contributed by atoms with Gasteiger partial charge in [0.05, 0.1) is 6.04 Å². The van der Waals surface area contributed by atoms with Gasteiger partial charge in [-0.1, -0.05) is 13.0 Å². The van der Waals surface area contributed by atoms with Gasteiger partial charge in [0.25, 0.3) is 0 Å². The lowest BCUT2D eigenvalue weighted by atomic mass is 10.1. The van der Waals surface area contributed by atoms with Gasteiger partial charge in [0.1, 0.15) is 0 Å². The number of halogens is 1. The first kappa shape index (κ1) is 13.6. The summed E-state index contributed by atoms with van der Waals surface area (Å²) in [5.41, 5.74) is 3.99. The summed E-state index contributed by atoms with van der Waals surface area (Å²) in [6.45, 7) is 6.57. The summed E-state index contributed by atoms with van der Waals surface area (Å²) in [4.78, 5) is 1.35. The van der Waals surface area contributed by atoms with Crippen LogP contribution in [-0.4, -0.2) is 0 Å². The zero-order valence-electron chi connectivity index (χ0n) is 11.0. The van der Waals surface area contributed by atoms with Crippen molar-refractivity contribution in [3.05, 3.63) is 50.1 Å².